The van der Waals surface area contributed by atoms with Gasteiger partial charge in [0.15, 0.2) is 5.75 Å². The number of unbranched alkanes of at least 4 members (excludes halogenated alkanes) is 1. The number of rotatable bonds is 7. The third-order valence-electron chi connectivity index (χ3n) is 5.43. The second kappa shape index (κ2) is 21.8. The Balaban J connectivity index is 0.00000170. The predicted octanol–water partition coefficient (Wildman–Crippen LogP) is 12.1. The highest BCUT2D eigenvalue weighted by molar-refractivity contribution is 8.19. The van der Waals surface area contributed by atoms with E-state index in [0.29, 0.717) is 11.4 Å². The SMILES string of the molecule is CC.CC.CCC.CCCC.Nc1c(N=Nc2ccccc2)c(S(=O)(=O)O)cc2cc(S(O)(O)O)c(N=Nc3ccccc3)c(O)c12. The molecule has 0 aliphatic carbocycles. The van der Waals surface area contributed by atoms with E-state index in [4.69, 9.17) is 5.73 Å². The maximum atomic E-state index is 12.1. The number of azo groups is 2. The first-order valence-corrected chi connectivity index (χ1v) is 18.3. The van der Waals surface area contributed by atoms with Crippen LogP contribution < -0.4 is 5.73 Å². The molecule has 0 atom stereocenters. The Hall–Kier alpha value is -3.92. The van der Waals surface area contributed by atoms with E-state index in [1.165, 1.54) is 19.3 Å². The van der Waals surface area contributed by atoms with E-state index in [-0.39, 0.29) is 10.8 Å². The molecule has 0 unspecified atom stereocenters. The fraction of sp³-hybridized carbons (Fsp3) is 0.333. The molecule has 7 N–H and O–H groups in total. The van der Waals surface area contributed by atoms with E-state index >= 15 is 0 Å². The fourth-order valence-corrected chi connectivity index (χ4v) is 4.67. The Morgan fingerprint density at radius 1 is 0.638 bits per heavy atom. The van der Waals surface area contributed by atoms with Gasteiger partial charge in [-0.1, -0.05) is 111 Å². The molecular formula is C33H49N5O7S2. The van der Waals surface area contributed by atoms with Crippen molar-refractivity contribution in [2.45, 2.75) is 84.4 Å². The number of fused-ring (bicyclic) bond motifs is 1. The minimum absolute atomic E-state index is 0.168. The number of nitrogen functional groups attached to an aromatic ring is 1. The van der Waals surface area contributed by atoms with Gasteiger partial charge in [0.25, 0.3) is 10.1 Å². The van der Waals surface area contributed by atoms with Crippen LogP contribution in [0.2, 0.25) is 0 Å². The zero-order valence-corrected chi connectivity index (χ0v) is 29.9. The number of phenolic OH excluding ortho intramolecular Hbond substituents is 1. The van der Waals surface area contributed by atoms with Gasteiger partial charge in [-0.25, -0.2) is 0 Å². The summed E-state index contributed by atoms with van der Waals surface area (Å²) < 4.78 is 63.9. The molecule has 0 spiro atoms. The van der Waals surface area contributed by atoms with E-state index in [0.717, 1.165) is 12.1 Å². The maximum absolute atomic E-state index is 12.1. The quantitative estimate of drug-likeness (QED) is 0.0621. The number of hydrogen-bond acceptors (Lipinski definition) is 11. The number of aromatic hydroxyl groups is 1. The molecular weight excluding hydrogens is 643 g/mol. The van der Waals surface area contributed by atoms with Gasteiger partial charge in [0, 0.05) is 0 Å². The number of hydrogen-bond donors (Lipinski definition) is 6. The van der Waals surface area contributed by atoms with Crippen molar-refractivity contribution in [2.75, 3.05) is 5.73 Å². The molecule has 0 amide bonds. The molecule has 4 aromatic rings. The monoisotopic (exact) mass is 691 g/mol. The lowest BCUT2D eigenvalue weighted by molar-refractivity contribution is 0.375. The summed E-state index contributed by atoms with van der Waals surface area (Å²) in [5.74, 6) is -0.744. The van der Waals surface area contributed by atoms with Crippen LogP contribution in [0.1, 0.15) is 74.7 Å². The summed E-state index contributed by atoms with van der Waals surface area (Å²) in [7, 11) is -9.39. The van der Waals surface area contributed by atoms with Crippen LogP contribution in [0.4, 0.5) is 28.4 Å². The van der Waals surface area contributed by atoms with Crippen LogP contribution in [0, 0.1) is 0 Å². The average molecular weight is 692 g/mol. The first-order valence-electron chi connectivity index (χ1n) is 15.3. The molecule has 4 rings (SSSR count). The van der Waals surface area contributed by atoms with Gasteiger partial charge in [0.1, 0.15) is 27.1 Å². The van der Waals surface area contributed by atoms with Crippen LogP contribution in [0.5, 0.6) is 5.75 Å². The molecule has 0 radical (unpaired) electrons. The van der Waals surface area contributed by atoms with Crippen molar-refractivity contribution >= 4 is 60.2 Å². The molecule has 260 valence electrons. The minimum Gasteiger partial charge on any atom is -0.505 e. The Labute approximate surface area is 280 Å². The van der Waals surface area contributed by atoms with Gasteiger partial charge in [-0.05, 0) is 41.8 Å². The standard InChI is InChI=1S/C22H19N5O7S2.C4H10.C3H8.2C2H6/c23-19-18-13(11-16(35(29,30)31)20(19)26-24-14-7-3-1-4-8-14)12-17(36(32,33)34)21(22(18)28)27-25-15-9-5-2-6-10-15;1-3-4-2;1-3-2;2*1-2/h1-12,28,32-34H,23H2,(H,29,30,31);3-4H2,1-2H3;3H2,1-2H3;2*1-2H3. The Bertz CT molecular complexity index is 1660. The summed E-state index contributed by atoms with van der Waals surface area (Å²) in [5.41, 5.74) is 5.47. The molecule has 14 heteroatoms. The highest BCUT2D eigenvalue weighted by atomic mass is 32.3. The summed E-state index contributed by atoms with van der Waals surface area (Å²) in [6.45, 7) is 16.6. The lowest BCUT2D eigenvalue weighted by Gasteiger charge is -2.22. The Morgan fingerprint density at radius 3 is 1.38 bits per heavy atom. The second-order valence-corrected chi connectivity index (χ2v) is 11.9. The van der Waals surface area contributed by atoms with Crippen molar-refractivity contribution in [1.82, 2.24) is 0 Å². The largest absolute Gasteiger partial charge is 0.505 e. The van der Waals surface area contributed by atoms with Crippen LogP contribution in [0.3, 0.4) is 0 Å². The summed E-state index contributed by atoms with van der Waals surface area (Å²) in [6, 6.07) is 18.4. The van der Waals surface area contributed by atoms with Crippen molar-refractivity contribution in [3.8, 4) is 5.75 Å². The third-order valence-corrected chi connectivity index (χ3v) is 7.20. The predicted molar refractivity (Wildman–Crippen MR) is 194 cm³/mol. The van der Waals surface area contributed by atoms with Crippen LogP contribution in [-0.4, -0.2) is 31.7 Å². The second-order valence-electron chi connectivity index (χ2n) is 9.08. The lowest BCUT2D eigenvalue weighted by atomic mass is 10.1. The van der Waals surface area contributed by atoms with Gasteiger partial charge in [0.05, 0.1) is 27.3 Å². The van der Waals surface area contributed by atoms with Gasteiger partial charge in [0.2, 0.25) is 0 Å². The van der Waals surface area contributed by atoms with E-state index < -0.39 is 53.6 Å². The fourth-order valence-electron chi connectivity index (χ4n) is 3.32. The molecule has 47 heavy (non-hydrogen) atoms. The normalized spacial score (nSPS) is 11.3. The molecule has 12 nitrogen and oxygen atoms in total. The molecule has 0 bridgehead atoms. The van der Waals surface area contributed by atoms with Crippen molar-refractivity contribution in [3.05, 3.63) is 72.8 Å². The number of nitrogens with zero attached hydrogens (tertiary/aromatic N) is 4. The van der Waals surface area contributed by atoms with Gasteiger partial charge >= 0.3 is 0 Å². The van der Waals surface area contributed by atoms with Crippen molar-refractivity contribution < 1.29 is 31.7 Å². The molecule has 0 aliphatic rings. The first-order chi connectivity index (χ1) is 22.3. The first kappa shape index (κ1) is 43.1. The third kappa shape index (κ3) is 13.4. The molecule has 0 saturated heterocycles. The Morgan fingerprint density at radius 2 is 1.02 bits per heavy atom. The van der Waals surface area contributed by atoms with E-state index in [9.17, 15) is 31.7 Å². The molecule has 0 heterocycles. The number of benzene rings is 4. The lowest BCUT2D eigenvalue weighted by Crippen LogP contribution is -2.03. The zero-order chi connectivity index (χ0) is 36.2. The Kier molecular flexibility index (Phi) is 20.0. The molecule has 0 fully saturated rings. The van der Waals surface area contributed by atoms with Crippen LogP contribution in [-0.2, 0) is 10.1 Å². The smallest absolute Gasteiger partial charge is 0.296 e. The van der Waals surface area contributed by atoms with E-state index in [1.54, 1.807) is 60.7 Å². The van der Waals surface area contributed by atoms with Crippen LogP contribution in [0.25, 0.3) is 10.8 Å². The van der Waals surface area contributed by atoms with Crippen LogP contribution >= 0.6 is 10.9 Å². The molecule has 0 aliphatic heterocycles. The summed E-state index contributed by atoms with van der Waals surface area (Å²) in [5, 5.41) is 26.3. The number of nitrogens with two attached hydrogens (primary N) is 1. The molecule has 4 aromatic carbocycles. The highest BCUT2D eigenvalue weighted by Gasteiger charge is 2.29. The summed E-state index contributed by atoms with van der Waals surface area (Å²) >= 11 is 0. The molecule has 0 saturated carbocycles. The minimum atomic E-state index is -4.91. The van der Waals surface area contributed by atoms with Gasteiger partial charge < -0.3 is 24.5 Å². The average Bonchev–Trinajstić information content (AvgIpc) is 3.06. The van der Waals surface area contributed by atoms with Crippen molar-refractivity contribution in [2.24, 2.45) is 20.5 Å². The van der Waals surface area contributed by atoms with Gasteiger partial charge in [-0.2, -0.15) is 18.6 Å². The topological polar surface area (TPSA) is 211 Å². The highest BCUT2D eigenvalue weighted by Crippen LogP contribution is 2.56. The number of anilines is 1. The number of phenols is 1. The molecule has 0 aromatic heterocycles. The van der Waals surface area contributed by atoms with Crippen molar-refractivity contribution in [3.63, 3.8) is 0 Å². The van der Waals surface area contributed by atoms with Gasteiger partial charge in [-0.15, -0.1) is 10.2 Å². The maximum Gasteiger partial charge on any atom is 0.296 e. The summed E-state index contributed by atoms with van der Waals surface area (Å²) in [4.78, 5) is -1.41. The zero-order valence-electron chi connectivity index (χ0n) is 28.3. The van der Waals surface area contributed by atoms with Crippen LogP contribution in [0.15, 0.2) is 103 Å². The summed E-state index contributed by atoms with van der Waals surface area (Å²) in [6.07, 6.45) is 3.89. The van der Waals surface area contributed by atoms with Crippen molar-refractivity contribution in [1.29, 1.82) is 0 Å². The van der Waals surface area contributed by atoms with E-state index in [2.05, 4.69) is 48.2 Å². The van der Waals surface area contributed by atoms with E-state index in [1.807, 2.05) is 27.7 Å². The van der Waals surface area contributed by atoms with Gasteiger partial charge in [-0.3, -0.25) is 4.55 Å².